The molecule has 23 heavy (non-hydrogen) atoms. The molecule has 0 aliphatic heterocycles. The van der Waals surface area contributed by atoms with Crippen LogP contribution in [0, 0.1) is 5.82 Å². The number of benzene rings is 1. The van der Waals surface area contributed by atoms with Crippen molar-refractivity contribution >= 4 is 23.9 Å². The fraction of sp³-hybridized carbons (Fsp3) is 0.154. The highest BCUT2D eigenvalue weighted by atomic mass is 32.2. The summed E-state index contributed by atoms with van der Waals surface area (Å²) in [5.74, 6) is -0.966. The van der Waals surface area contributed by atoms with Gasteiger partial charge in [-0.25, -0.2) is 19.7 Å². The number of amides is 1. The second kappa shape index (κ2) is 7.49. The maximum Gasteiger partial charge on any atom is 0.342 e. The molecule has 8 nitrogen and oxygen atoms in total. The average Bonchev–Trinajstić information content (AvgIpc) is 2.51. The van der Waals surface area contributed by atoms with Crippen molar-refractivity contribution in [2.45, 2.75) is 17.2 Å². The Morgan fingerprint density at radius 3 is 2.87 bits per heavy atom. The van der Waals surface area contributed by atoms with Crippen molar-refractivity contribution in [1.82, 2.24) is 20.6 Å². The Morgan fingerprint density at radius 2 is 2.17 bits per heavy atom. The van der Waals surface area contributed by atoms with Gasteiger partial charge in [-0.2, -0.15) is 10.2 Å². The fourth-order valence-electron chi connectivity index (χ4n) is 1.47. The maximum absolute atomic E-state index is 13.4. The maximum atomic E-state index is 13.4. The summed E-state index contributed by atoms with van der Waals surface area (Å²) in [6.07, 6.45) is 1.18. The number of aromatic amines is 2. The van der Waals surface area contributed by atoms with Gasteiger partial charge in [0.05, 0.1) is 11.5 Å². The molecule has 1 aromatic heterocycles. The van der Waals surface area contributed by atoms with Crippen LogP contribution in [0.5, 0.6) is 0 Å². The third kappa shape index (κ3) is 4.61. The quantitative estimate of drug-likeness (QED) is 0.410. The van der Waals surface area contributed by atoms with E-state index in [0.29, 0.717) is 0 Å². The van der Waals surface area contributed by atoms with Gasteiger partial charge in [-0.05, 0) is 13.0 Å². The Kier molecular flexibility index (Phi) is 5.41. The molecule has 0 saturated heterocycles. The van der Waals surface area contributed by atoms with Crippen LogP contribution in [0.2, 0.25) is 0 Å². The standard InChI is InChI=1S/C13H12FN5O3S/c1-7(23-12-11(21)16-13(22)19-18-12)10(20)17-15-6-8-4-2-3-5-9(8)14/h2-7H,1H3,(H,17,20)(H2,16,19,21,22)/b15-6+. The number of thioether (sulfide) groups is 1. The van der Waals surface area contributed by atoms with Gasteiger partial charge in [0.2, 0.25) is 0 Å². The van der Waals surface area contributed by atoms with Crippen LogP contribution in [-0.4, -0.2) is 32.6 Å². The van der Waals surface area contributed by atoms with Gasteiger partial charge in [0.1, 0.15) is 5.82 Å². The normalized spacial score (nSPS) is 12.3. The molecule has 1 heterocycles. The first kappa shape index (κ1) is 16.6. The lowest BCUT2D eigenvalue weighted by Crippen LogP contribution is -2.30. The number of hydrogen-bond donors (Lipinski definition) is 3. The third-order valence-corrected chi connectivity index (χ3v) is 3.69. The number of hydrogen-bond acceptors (Lipinski definition) is 6. The Labute approximate surface area is 133 Å². The molecule has 0 aliphatic rings. The number of nitrogens with one attached hydrogen (secondary N) is 3. The Balaban J connectivity index is 1.96. The zero-order chi connectivity index (χ0) is 16.8. The van der Waals surface area contributed by atoms with Crippen molar-refractivity contribution in [1.29, 1.82) is 0 Å². The van der Waals surface area contributed by atoms with Gasteiger partial charge in [0, 0.05) is 5.56 Å². The first-order valence-corrected chi connectivity index (χ1v) is 7.28. The van der Waals surface area contributed by atoms with Gasteiger partial charge < -0.3 is 0 Å². The lowest BCUT2D eigenvalue weighted by molar-refractivity contribution is -0.120. The van der Waals surface area contributed by atoms with Gasteiger partial charge in [0.25, 0.3) is 11.5 Å². The van der Waals surface area contributed by atoms with E-state index in [1.165, 1.54) is 25.3 Å². The minimum atomic E-state index is -0.731. The number of carbonyl (C=O) groups excluding carboxylic acids is 1. The van der Waals surface area contributed by atoms with Gasteiger partial charge in [-0.15, -0.1) is 0 Å². The Bertz CT molecular complexity index is 848. The second-order valence-electron chi connectivity index (χ2n) is 4.33. The molecule has 3 N–H and O–H groups in total. The molecule has 0 bridgehead atoms. The van der Waals surface area contributed by atoms with E-state index in [0.717, 1.165) is 11.8 Å². The number of aromatic nitrogens is 3. The molecule has 2 aromatic rings. The van der Waals surface area contributed by atoms with Crippen molar-refractivity contribution in [2.24, 2.45) is 5.10 Å². The SMILES string of the molecule is CC(Sc1n[nH]c(=O)[nH]c1=O)C(=O)N/N=C/c1ccccc1F. The van der Waals surface area contributed by atoms with Crippen LogP contribution >= 0.6 is 11.8 Å². The molecule has 1 aromatic carbocycles. The highest BCUT2D eigenvalue weighted by molar-refractivity contribution is 8.00. The van der Waals surface area contributed by atoms with E-state index >= 15 is 0 Å². The van der Waals surface area contributed by atoms with Crippen LogP contribution in [0.25, 0.3) is 0 Å². The number of nitrogens with zero attached hydrogens (tertiary/aromatic N) is 2. The predicted molar refractivity (Wildman–Crippen MR) is 82.9 cm³/mol. The number of H-pyrrole nitrogens is 2. The summed E-state index contributed by atoms with van der Waals surface area (Å²) in [5, 5.41) is 8.53. The lowest BCUT2D eigenvalue weighted by Gasteiger charge is -2.07. The number of halogens is 1. The van der Waals surface area contributed by atoms with Crippen molar-refractivity contribution in [2.75, 3.05) is 0 Å². The van der Waals surface area contributed by atoms with E-state index < -0.39 is 28.2 Å². The monoisotopic (exact) mass is 337 g/mol. The highest BCUT2D eigenvalue weighted by Crippen LogP contribution is 2.16. The van der Waals surface area contributed by atoms with Crippen LogP contribution in [0.15, 0.2) is 44.0 Å². The molecule has 0 aliphatic carbocycles. The van der Waals surface area contributed by atoms with Crippen molar-refractivity contribution in [3.63, 3.8) is 0 Å². The smallest absolute Gasteiger partial charge is 0.272 e. The Morgan fingerprint density at radius 1 is 1.43 bits per heavy atom. The first-order valence-electron chi connectivity index (χ1n) is 6.40. The molecular formula is C13H12FN5O3S. The molecule has 0 fully saturated rings. The number of rotatable bonds is 5. The third-order valence-electron chi connectivity index (χ3n) is 2.62. The summed E-state index contributed by atoms with van der Waals surface area (Å²) >= 11 is 0.851. The van der Waals surface area contributed by atoms with Gasteiger partial charge in [-0.3, -0.25) is 14.6 Å². The summed E-state index contributed by atoms with van der Waals surface area (Å²) in [4.78, 5) is 36.2. The van der Waals surface area contributed by atoms with E-state index in [1.807, 2.05) is 4.98 Å². The van der Waals surface area contributed by atoms with Gasteiger partial charge in [-0.1, -0.05) is 30.0 Å². The largest absolute Gasteiger partial charge is 0.342 e. The zero-order valence-electron chi connectivity index (χ0n) is 11.9. The van der Waals surface area contributed by atoms with E-state index in [2.05, 4.69) is 20.7 Å². The van der Waals surface area contributed by atoms with E-state index in [9.17, 15) is 18.8 Å². The zero-order valence-corrected chi connectivity index (χ0v) is 12.7. The van der Waals surface area contributed by atoms with Crippen LogP contribution in [0.4, 0.5) is 4.39 Å². The van der Waals surface area contributed by atoms with Crippen LogP contribution in [-0.2, 0) is 4.79 Å². The fourth-order valence-corrected chi connectivity index (χ4v) is 2.22. The van der Waals surface area contributed by atoms with E-state index in [-0.39, 0.29) is 10.6 Å². The average molecular weight is 337 g/mol. The van der Waals surface area contributed by atoms with E-state index in [4.69, 9.17) is 0 Å². The molecule has 0 radical (unpaired) electrons. The molecule has 10 heteroatoms. The van der Waals surface area contributed by atoms with Crippen molar-refractivity contribution < 1.29 is 9.18 Å². The van der Waals surface area contributed by atoms with E-state index in [1.54, 1.807) is 12.1 Å². The topological polar surface area (TPSA) is 120 Å². The minimum Gasteiger partial charge on any atom is -0.272 e. The molecule has 1 atom stereocenters. The Hall–Kier alpha value is -2.75. The predicted octanol–water partition coefficient (Wildman–Crippen LogP) is 0.228. The summed E-state index contributed by atoms with van der Waals surface area (Å²) < 4.78 is 13.4. The molecule has 120 valence electrons. The summed E-state index contributed by atoms with van der Waals surface area (Å²) in [6.45, 7) is 1.53. The summed E-state index contributed by atoms with van der Waals surface area (Å²) in [6, 6.07) is 5.96. The van der Waals surface area contributed by atoms with Gasteiger partial charge >= 0.3 is 5.69 Å². The van der Waals surface area contributed by atoms with Crippen LogP contribution in [0.1, 0.15) is 12.5 Å². The summed E-state index contributed by atoms with van der Waals surface area (Å²) in [5.41, 5.74) is 1.05. The summed E-state index contributed by atoms with van der Waals surface area (Å²) in [7, 11) is 0. The van der Waals surface area contributed by atoms with Crippen LogP contribution < -0.4 is 16.7 Å². The first-order chi connectivity index (χ1) is 11.0. The number of hydrazone groups is 1. The lowest BCUT2D eigenvalue weighted by atomic mass is 10.2. The van der Waals surface area contributed by atoms with Gasteiger partial charge in [0.15, 0.2) is 5.03 Å². The van der Waals surface area contributed by atoms with Crippen LogP contribution in [0.3, 0.4) is 0 Å². The number of carbonyl (C=O) groups is 1. The highest BCUT2D eigenvalue weighted by Gasteiger charge is 2.17. The molecule has 1 unspecified atom stereocenters. The molecule has 0 spiro atoms. The second-order valence-corrected chi connectivity index (χ2v) is 5.66. The molecule has 1 amide bonds. The molecular weight excluding hydrogens is 325 g/mol. The van der Waals surface area contributed by atoms with Crippen molar-refractivity contribution in [3.05, 3.63) is 56.5 Å². The molecule has 0 saturated carbocycles. The minimum absolute atomic E-state index is 0.0506. The van der Waals surface area contributed by atoms with Crippen molar-refractivity contribution in [3.8, 4) is 0 Å². The molecule has 2 rings (SSSR count).